The molecule has 0 aromatic carbocycles. The quantitative estimate of drug-likeness (QED) is 0.738. The first-order valence-corrected chi connectivity index (χ1v) is 7.14. The van der Waals surface area contributed by atoms with Gasteiger partial charge in [-0.3, -0.25) is 9.48 Å². The Morgan fingerprint density at radius 1 is 1.27 bits per heavy atom. The first-order valence-electron chi connectivity index (χ1n) is 7.14. The molecule has 0 aliphatic rings. The molecular formula is C15H18N6O. The Labute approximate surface area is 128 Å². The van der Waals surface area contributed by atoms with Gasteiger partial charge in [-0.1, -0.05) is 0 Å². The zero-order valence-corrected chi connectivity index (χ0v) is 13.1. The van der Waals surface area contributed by atoms with E-state index in [2.05, 4.69) is 15.2 Å². The van der Waals surface area contributed by atoms with E-state index in [0.717, 1.165) is 17.1 Å². The van der Waals surface area contributed by atoms with Gasteiger partial charge in [0.1, 0.15) is 5.69 Å². The molecule has 0 unspecified atom stereocenters. The van der Waals surface area contributed by atoms with Crippen molar-refractivity contribution in [1.29, 1.82) is 0 Å². The molecular weight excluding hydrogens is 280 g/mol. The fraction of sp³-hybridized carbons (Fsp3) is 0.333. The minimum absolute atomic E-state index is 0.117. The second-order valence-electron chi connectivity index (χ2n) is 5.26. The summed E-state index contributed by atoms with van der Waals surface area (Å²) >= 11 is 0. The number of anilines is 1. The van der Waals surface area contributed by atoms with E-state index in [1.165, 1.54) is 0 Å². The Balaban J connectivity index is 2.11. The number of amides is 1. The summed E-state index contributed by atoms with van der Waals surface area (Å²) in [5.74, 6) is -0.117. The Kier molecular flexibility index (Phi) is 3.40. The molecule has 3 rings (SSSR count). The maximum Gasteiger partial charge on any atom is 0.277 e. The molecule has 1 amide bonds. The smallest absolute Gasteiger partial charge is 0.277 e. The van der Waals surface area contributed by atoms with E-state index < -0.39 is 0 Å². The molecule has 0 bridgehead atoms. The summed E-state index contributed by atoms with van der Waals surface area (Å²) in [5, 5.41) is 8.51. The molecule has 0 radical (unpaired) electrons. The molecule has 3 heterocycles. The number of carbonyl (C=O) groups is 1. The fourth-order valence-electron chi connectivity index (χ4n) is 2.50. The predicted octanol–water partition coefficient (Wildman–Crippen LogP) is 1.75. The van der Waals surface area contributed by atoms with Crippen molar-refractivity contribution < 1.29 is 4.79 Å². The monoisotopic (exact) mass is 298 g/mol. The molecule has 0 aliphatic heterocycles. The molecule has 7 nitrogen and oxygen atoms in total. The largest absolute Gasteiger partial charge is 0.304 e. The fourth-order valence-corrected chi connectivity index (χ4v) is 2.50. The van der Waals surface area contributed by atoms with E-state index in [4.69, 9.17) is 0 Å². The molecule has 7 heteroatoms. The van der Waals surface area contributed by atoms with Gasteiger partial charge in [0, 0.05) is 31.5 Å². The van der Waals surface area contributed by atoms with Crippen LogP contribution in [0.25, 0.3) is 5.65 Å². The molecule has 22 heavy (non-hydrogen) atoms. The minimum Gasteiger partial charge on any atom is -0.304 e. The van der Waals surface area contributed by atoms with Crippen LogP contribution in [0, 0.1) is 13.8 Å². The second-order valence-corrected chi connectivity index (χ2v) is 5.26. The van der Waals surface area contributed by atoms with Crippen LogP contribution in [0.1, 0.15) is 28.8 Å². The molecule has 0 N–H and O–H groups in total. The van der Waals surface area contributed by atoms with E-state index in [1.807, 2.05) is 40.1 Å². The molecule has 114 valence electrons. The van der Waals surface area contributed by atoms with Crippen LogP contribution in [0.5, 0.6) is 0 Å². The highest BCUT2D eigenvalue weighted by molar-refractivity contribution is 6.05. The summed E-state index contributed by atoms with van der Waals surface area (Å²) in [6, 6.07) is 3.63. The predicted molar refractivity (Wildman–Crippen MR) is 83.0 cm³/mol. The van der Waals surface area contributed by atoms with Crippen molar-refractivity contribution in [1.82, 2.24) is 24.4 Å². The van der Waals surface area contributed by atoms with Crippen molar-refractivity contribution >= 4 is 17.2 Å². The Bertz CT molecular complexity index is 847. The second kappa shape index (κ2) is 5.25. The number of aromatic nitrogens is 5. The van der Waals surface area contributed by atoms with E-state index in [1.54, 1.807) is 26.4 Å². The van der Waals surface area contributed by atoms with E-state index in [9.17, 15) is 4.79 Å². The SMILES string of the molecule is CCN(C(=O)c1cc(C)nc2cc(C)nn12)c1cnn(C)c1. The van der Waals surface area contributed by atoms with Crippen molar-refractivity contribution in [3.05, 3.63) is 41.6 Å². The third kappa shape index (κ3) is 2.34. The van der Waals surface area contributed by atoms with Crippen molar-refractivity contribution in [3.63, 3.8) is 0 Å². The van der Waals surface area contributed by atoms with Crippen LogP contribution in [-0.4, -0.2) is 36.8 Å². The van der Waals surface area contributed by atoms with Gasteiger partial charge >= 0.3 is 0 Å². The van der Waals surface area contributed by atoms with Gasteiger partial charge in [0.25, 0.3) is 5.91 Å². The van der Waals surface area contributed by atoms with Gasteiger partial charge in [-0.25, -0.2) is 9.50 Å². The van der Waals surface area contributed by atoms with Crippen LogP contribution >= 0.6 is 0 Å². The summed E-state index contributed by atoms with van der Waals surface area (Å²) in [7, 11) is 1.83. The van der Waals surface area contributed by atoms with Crippen LogP contribution in [0.2, 0.25) is 0 Å². The summed E-state index contributed by atoms with van der Waals surface area (Å²) < 4.78 is 3.28. The maximum absolute atomic E-state index is 13.0. The highest BCUT2D eigenvalue weighted by Crippen LogP contribution is 2.17. The standard InChI is InChI=1S/C15H18N6O/c1-5-20(12-8-16-19(4)9-12)15(22)13-6-10(2)17-14-7-11(3)18-21(13)14/h6-9H,5H2,1-4H3. The number of carbonyl (C=O) groups excluding carboxylic acids is 1. The van der Waals surface area contributed by atoms with E-state index in [0.29, 0.717) is 17.9 Å². The summed E-state index contributed by atoms with van der Waals surface area (Å²) in [4.78, 5) is 19.1. The Hall–Kier alpha value is -2.70. The van der Waals surface area contributed by atoms with Crippen molar-refractivity contribution in [2.75, 3.05) is 11.4 Å². The normalized spacial score (nSPS) is 11.1. The molecule has 3 aromatic rings. The van der Waals surface area contributed by atoms with Crippen LogP contribution in [0.4, 0.5) is 5.69 Å². The topological polar surface area (TPSA) is 68.3 Å². The van der Waals surface area contributed by atoms with E-state index >= 15 is 0 Å². The number of fused-ring (bicyclic) bond motifs is 1. The van der Waals surface area contributed by atoms with Gasteiger partial charge in [-0.15, -0.1) is 0 Å². The van der Waals surface area contributed by atoms with Crippen molar-refractivity contribution in [2.45, 2.75) is 20.8 Å². The average molecular weight is 298 g/mol. The van der Waals surface area contributed by atoms with Gasteiger partial charge in [0.05, 0.1) is 17.6 Å². The lowest BCUT2D eigenvalue weighted by Gasteiger charge is -2.19. The molecule has 0 fully saturated rings. The lowest BCUT2D eigenvalue weighted by molar-refractivity contribution is 0.0981. The van der Waals surface area contributed by atoms with E-state index in [-0.39, 0.29) is 5.91 Å². The van der Waals surface area contributed by atoms with Crippen LogP contribution in [-0.2, 0) is 7.05 Å². The summed E-state index contributed by atoms with van der Waals surface area (Å²) in [5.41, 5.74) is 3.57. The summed E-state index contributed by atoms with van der Waals surface area (Å²) in [6.07, 6.45) is 3.50. The van der Waals surface area contributed by atoms with Crippen LogP contribution < -0.4 is 4.90 Å². The first kappa shape index (κ1) is 14.2. The zero-order chi connectivity index (χ0) is 15.9. The van der Waals surface area contributed by atoms with Crippen LogP contribution in [0.3, 0.4) is 0 Å². The van der Waals surface area contributed by atoms with Gasteiger partial charge in [-0.2, -0.15) is 10.2 Å². The third-order valence-electron chi connectivity index (χ3n) is 3.46. The minimum atomic E-state index is -0.117. The van der Waals surface area contributed by atoms with Crippen molar-refractivity contribution in [3.8, 4) is 0 Å². The third-order valence-corrected chi connectivity index (χ3v) is 3.46. The lowest BCUT2D eigenvalue weighted by atomic mass is 10.2. The highest BCUT2D eigenvalue weighted by atomic mass is 16.2. The highest BCUT2D eigenvalue weighted by Gasteiger charge is 2.21. The zero-order valence-electron chi connectivity index (χ0n) is 13.1. The molecule has 0 atom stereocenters. The Morgan fingerprint density at radius 3 is 2.68 bits per heavy atom. The van der Waals surface area contributed by atoms with Crippen molar-refractivity contribution in [2.24, 2.45) is 7.05 Å². The first-order chi connectivity index (χ1) is 10.5. The molecule has 0 saturated carbocycles. The summed E-state index contributed by atoms with van der Waals surface area (Å²) in [6.45, 7) is 6.24. The average Bonchev–Trinajstić information content (AvgIpc) is 3.03. The maximum atomic E-state index is 13.0. The van der Waals surface area contributed by atoms with Crippen LogP contribution in [0.15, 0.2) is 24.5 Å². The number of hydrogen-bond acceptors (Lipinski definition) is 4. The van der Waals surface area contributed by atoms with Gasteiger partial charge < -0.3 is 4.90 Å². The number of hydrogen-bond donors (Lipinski definition) is 0. The van der Waals surface area contributed by atoms with Gasteiger partial charge in [0.2, 0.25) is 0 Å². The number of aryl methyl sites for hydroxylation is 3. The molecule has 0 spiro atoms. The molecule has 0 saturated heterocycles. The number of nitrogens with zero attached hydrogens (tertiary/aromatic N) is 6. The Morgan fingerprint density at radius 2 is 2.05 bits per heavy atom. The molecule has 3 aromatic heterocycles. The van der Waals surface area contributed by atoms with Gasteiger partial charge in [-0.05, 0) is 26.8 Å². The van der Waals surface area contributed by atoms with Gasteiger partial charge in [0.15, 0.2) is 5.65 Å². The number of rotatable bonds is 3. The molecule has 0 aliphatic carbocycles. The lowest BCUT2D eigenvalue weighted by Crippen LogP contribution is -2.32.